The molecule has 102 valence electrons. The molecule has 0 aliphatic carbocycles. The molecule has 0 bridgehead atoms. The molecule has 1 aromatic heterocycles. The van der Waals surface area contributed by atoms with E-state index in [4.69, 9.17) is 15.4 Å². The van der Waals surface area contributed by atoms with E-state index in [2.05, 4.69) is 10.0 Å². The maximum atomic E-state index is 11.6. The van der Waals surface area contributed by atoms with E-state index in [1.165, 1.54) is 0 Å². The fraction of sp³-hybridized carbons (Fsp3) is 0.556. The van der Waals surface area contributed by atoms with Crippen molar-refractivity contribution >= 4 is 0 Å². The number of ether oxygens (including phenoxy) is 1. The Hall–Kier alpha value is -2.29. The van der Waals surface area contributed by atoms with Gasteiger partial charge in [-0.2, -0.15) is 0 Å². The molecule has 1 saturated heterocycles. The third-order valence-electron chi connectivity index (χ3n) is 2.84. The van der Waals surface area contributed by atoms with Crippen LogP contribution in [0.25, 0.3) is 10.4 Å². The van der Waals surface area contributed by atoms with Gasteiger partial charge in [-0.05, 0) is 5.53 Å². The van der Waals surface area contributed by atoms with E-state index in [0.717, 1.165) is 10.8 Å². The zero-order chi connectivity index (χ0) is 14.0. The van der Waals surface area contributed by atoms with Gasteiger partial charge in [0.2, 0.25) is 0 Å². The molecule has 10 nitrogen and oxygen atoms in total. The topological polar surface area (TPSA) is 153 Å². The number of rotatable bonds is 3. The first-order valence-corrected chi connectivity index (χ1v) is 5.41. The second-order valence-corrected chi connectivity index (χ2v) is 4.00. The van der Waals surface area contributed by atoms with Gasteiger partial charge in [-0.3, -0.25) is 14.3 Å². The van der Waals surface area contributed by atoms with Gasteiger partial charge in [0.25, 0.3) is 5.56 Å². The summed E-state index contributed by atoms with van der Waals surface area (Å²) >= 11 is 0. The Labute approximate surface area is 105 Å². The lowest BCUT2D eigenvalue weighted by molar-refractivity contribution is -0.0273. The van der Waals surface area contributed by atoms with Gasteiger partial charge < -0.3 is 14.9 Å². The lowest BCUT2D eigenvalue weighted by Gasteiger charge is -2.14. The number of azide groups is 1. The summed E-state index contributed by atoms with van der Waals surface area (Å²) in [4.78, 5) is 27.2. The first kappa shape index (κ1) is 13.1. The van der Waals surface area contributed by atoms with Crippen molar-refractivity contribution in [3.8, 4) is 5.75 Å². The van der Waals surface area contributed by atoms with Gasteiger partial charge in [-0.1, -0.05) is 5.11 Å². The lowest BCUT2D eigenvalue weighted by atomic mass is 10.1. The fourth-order valence-corrected chi connectivity index (χ4v) is 1.93. The third-order valence-corrected chi connectivity index (χ3v) is 2.84. The van der Waals surface area contributed by atoms with Crippen LogP contribution in [0.15, 0.2) is 20.9 Å². The summed E-state index contributed by atoms with van der Waals surface area (Å²) in [7, 11) is 0. The molecular formula is C9H11N5O5. The number of H-pyrrole nitrogens is 1. The molecule has 0 spiro atoms. The Morgan fingerprint density at radius 2 is 2.37 bits per heavy atom. The molecule has 10 heteroatoms. The number of aliphatic hydroxyl groups excluding tert-OH is 1. The van der Waals surface area contributed by atoms with Crippen LogP contribution in [0.2, 0.25) is 0 Å². The van der Waals surface area contributed by atoms with Crippen molar-refractivity contribution in [3.05, 3.63) is 37.5 Å². The van der Waals surface area contributed by atoms with Gasteiger partial charge in [0, 0.05) is 11.3 Å². The molecule has 19 heavy (non-hydrogen) atoms. The minimum Gasteiger partial charge on any atom is -0.502 e. The van der Waals surface area contributed by atoms with Crippen LogP contribution in [0, 0.1) is 0 Å². The normalized spacial score (nSPS) is 26.1. The molecular weight excluding hydrogens is 258 g/mol. The Kier molecular flexibility index (Phi) is 3.56. The highest BCUT2D eigenvalue weighted by Gasteiger charge is 2.35. The lowest BCUT2D eigenvalue weighted by Crippen LogP contribution is -2.32. The van der Waals surface area contributed by atoms with Crippen molar-refractivity contribution in [2.75, 3.05) is 6.61 Å². The number of hydrogen-bond acceptors (Lipinski definition) is 6. The zero-order valence-corrected chi connectivity index (χ0v) is 9.63. The molecule has 1 aromatic rings. The molecule has 1 aliphatic heterocycles. The van der Waals surface area contributed by atoms with E-state index in [-0.39, 0.29) is 13.0 Å². The summed E-state index contributed by atoms with van der Waals surface area (Å²) in [6, 6.07) is -0.624. The average Bonchev–Trinajstić information content (AvgIpc) is 2.77. The third kappa shape index (κ3) is 2.45. The Balaban J connectivity index is 2.34. The van der Waals surface area contributed by atoms with Crippen LogP contribution in [0.3, 0.4) is 0 Å². The van der Waals surface area contributed by atoms with E-state index >= 15 is 0 Å². The van der Waals surface area contributed by atoms with Crippen LogP contribution in [0.5, 0.6) is 5.75 Å². The molecule has 0 amide bonds. The summed E-state index contributed by atoms with van der Waals surface area (Å²) in [5.41, 5.74) is 6.74. The molecule has 1 unspecified atom stereocenters. The van der Waals surface area contributed by atoms with Crippen molar-refractivity contribution in [2.45, 2.75) is 24.8 Å². The van der Waals surface area contributed by atoms with Crippen molar-refractivity contribution in [1.82, 2.24) is 9.55 Å². The molecule has 0 saturated carbocycles. The first-order valence-electron chi connectivity index (χ1n) is 5.41. The van der Waals surface area contributed by atoms with Gasteiger partial charge in [0.1, 0.15) is 6.23 Å². The smallest absolute Gasteiger partial charge is 0.330 e. The van der Waals surface area contributed by atoms with E-state index in [0.29, 0.717) is 0 Å². The minimum absolute atomic E-state index is 0.153. The van der Waals surface area contributed by atoms with Crippen molar-refractivity contribution in [1.29, 1.82) is 0 Å². The maximum absolute atomic E-state index is 11.6. The maximum Gasteiger partial charge on any atom is 0.330 e. The first-order chi connectivity index (χ1) is 9.06. The summed E-state index contributed by atoms with van der Waals surface area (Å²) in [5, 5.41) is 21.8. The van der Waals surface area contributed by atoms with Gasteiger partial charge in [0.05, 0.1) is 24.9 Å². The summed E-state index contributed by atoms with van der Waals surface area (Å²) in [6.45, 7) is -0.371. The summed E-state index contributed by atoms with van der Waals surface area (Å²) in [5.74, 6) is -0.629. The van der Waals surface area contributed by atoms with Crippen molar-refractivity contribution in [2.24, 2.45) is 5.11 Å². The molecule has 1 fully saturated rings. The number of aliphatic hydroxyl groups is 1. The fourth-order valence-electron chi connectivity index (χ4n) is 1.93. The molecule has 0 aromatic carbocycles. The van der Waals surface area contributed by atoms with Crippen molar-refractivity contribution in [3.63, 3.8) is 0 Å². The highest BCUT2D eigenvalue weighted by atomic mass is 16.5. The molecule has 2 heterocycles. The van der Waals surface area contributed by atoms with Crippen molar-refractivity contribution < 1.29 is 14.9 Å². The summed E-state index contributed by atoms with van der Waals surface area (Å²) in [6.07, 6.45) is -0.468. The Morgan fingerprint density at radius 3 is 3.00 bits per heavy atom. The number of aromatic hydroxyl groups is 1. The predicted molar refractivity (Wildman–Crippen MR) is 61.5 cm³/mol. The second kappa shape index (κ2) is 5.14. The predicted octanol–water partition coefficient (Wildman–Crippen LogP) is -0.799. The van der Waals surface area contributed by atoms with Crippen LogP contribution >= 0.6 is 0 Å². The van der Waals surface area contributed by atoms with Gasteiger partial charge in [-0.25, -0.2) is 4.79 Å². The molecule has 3 N–H and O–H groups in total. The number of aromatic amines is 1. The minimum atomic E-state index is -0.899. The summed E-state index contributed by atoms with van der Waals surface area (Å²) < 4.78 is 6.33. The Morgan fingerprint density at radius 1 is 1.63 bits per heavy atom. The number of nitrogens with zero attached hydrogens (tertiary/aromatic N) is 4. The SMILES string of the molecule is [N-]=[N+]=NC1C[C@H](n2cc(O)c(=O)[nH]c2=O)O[C@@H]1CO. The average molecular weight is 269 g/mol. The quantitative estimate of drug-likeness (QED) is 0.372. The van der Waals surface area contributed by atoms with Crippen LogP contribution in [-0.4, -0.2) is 38.5 Å². The highest BCUT2D eigenvalue weighted by molar-refractivity contribution is 5.09. The van der Waals surface area contributed by atoms with Gasteiger partial charge in [-0.15, -0.1) is 0 Å². The standard InChI is InChI=1S/C9H11N5O5/c10-13-12-4-1-7(19-6(4)3-15)14-2-5(16)8(17)11-9(14)18/h2,4,6-7,15-16H,1,3H2,(H,11,17,18)/t4?,6-,7-/m1/s1. The van der Waals surface area contributed by atoms with E-state index in [1.807, 2.05) is 4.98 Å². The van der Waals surface area contributed by atoms with Crippen LogP contribution in [0.4, 0.5) is 0 Å². The zero-order valence-electron chi connectivity index (χ0n) is 9.63. The largest absolute Gasteiger partial charge is 0.502 e. The van der Waals surface area contributed by atoms with E-state index in [9.17, 15) is 14.7 Å². The second-order valence-electron chi connectivity index (χ2n) is 4.00. The molecule has 1 aliphatic rings. The highest BCUT2D eigenvalue weighted by Crippen LogP contribution is 2.29. The van der Waals surface area contributed by atoms with E-state index in [1.54, 1.807) is 0 Å². The monoisotopic (exact) mass is 269 g/mol. The van der Waals surface area contributed by atoms with Gasteiger partial charge in [0.15, 0.2) is 5.75 Å². The van der Waals surface area contributed by atoms with E-state index < -0.39 is 35.4 Å². The Bertz CT molecular complexity index is 631. The van der Waals surface area contributed by atoms with Crippen LogP contribution in [0.1, 0.15) is 12.6 Å². The van der Waals surface area contributed by atoms with Crippen LogP contribution < -0.4 is 11.2 Å². The molecule has 0 radical (unpaired) electrons. The molecule has 3 atom stereocenters. The number of nitrogens with one attached hydrogen (secondary N) is 1. The van der Waals surface area contributed by atoms with Gasteiger partial charge >= 0.3 is 5.69 Å². The molecule has 2 rings (SSSR count). The number of hydrogen-bond donors (Lipinski definition) is 3. The number of aromatic nitrogens is 2. The van der Waals surface area contributed by atoms with Crippen LogP contribution in [-0.2, 0) is 4.74 Å².